The first-order chi connectivity index (χ1) is 39.0. The summed E-state index contributed by atoms with van der Waals surface area (Å²) in [5, 5.41) is 13.1. The molecule has 0 N–H and O–H groups in total. The molecule has 0 aliphatic heterocycles. The van der Waals surface area contributed by atoms with Crippen molar-refractivity contribution in [3.05, 3.63) is 215 Å². The van der Waals surface area contributed by atoms with Crippen molar-refractivity contribution in [1.29, 1.82) is 0 Å². The Kier molecular flexibility index (Phi) is 10.5. The predicted octanol–water partition coefficient (Wildman–Crippen LogP) is 22.7. The maximum absolute atomic E-state index is 7.02. The minimum absolute atomic E-state index is 0.0881. The Labute approximate surface area is 470 Å². The zero-order chi connectivity index (χ0) is 55.5. The van der Waals surface area contributed by atoms with Crippen molar-refractivity contribution in [1.82, 2.24) is 0 Å². The van der Waals surface area contributed by atoms with Gasteiger partial charge in [-0.2, -0.15) is 0 Å². The molecule has 6 nitrogen and oxygen atoms in total. The van der Waals surface area contributed by atoms with E-state index in [9.17, 15) is 0 Å². The summed E-state index contributed by atoms with van der Waals surface area (Å²) < 4.78 is 27.9. The number of furan rings is 4. The fraction of sp³-hybridized carbons (Fsp3) is 0.173. The third-order valence-electron chi connectivity index (χ3n) is 17.3. The topological polar surface area (TPSA) is 59.0 Å². The van der Waals surface area contributed by atoms with Gasteiger partial charge in [-0.3, -0.25) is 0 Å². The molecule has 0 aliphatic carbocycles. The lowest BCUT2D eigenvalue weighted by molar-refractivity contribution is 0.572. The van der Waals surface area contributed by atoms with Crippen LogP contribution in [0.25, 0.3) is 109 Å². The van der Waals surface area contributed by atoms with Crippen LogP contribution in [0.3, 0.4) is 0 Å². The molecule has 15 rings (SSSR count). The van der Waals surface area contributed by atoms with E-state index in [-0.39, 0.29) is 10.8 Å². The molecule has 0 unspecified atom stereocenters. The van der Waals surface area contributed by atoms with Crippen LogP contribution in [0.1, 0.15) is 80.5 Å². The van der Waals surface area contributed by atoms with Crippen LogP contribution >= 0.6 is 0 Å². The highest BCUT2D eigenvalue weighted by Crippen LogP contribution is 2.50. The van der Waals surface area contributed by atoms with E-state index in [2.05, 4.69) is 262 Å². The molecular formula is C75H62N2O4. The average Bonchev–Trinajstić information content (AvgIpc) is 3.93. The molecule has 0 bridgehead atoms. The van der Waals surface area contributed by atoms with Gasteiger partial charge in [0.25, 0.3) is 0 Å². The zero-order valence-electron chi connectivity index (χ0n) is 47.8. The molecule has 0 amide bonds. The van der Waals surface area contributed by atoms with Crippen LogP contribution in [0.4, 0.5) is 34.1 Å². The molecule has 0 fully saturated rings. The second kappa shape index (κ2) is 17.4. The summed E-state index contributed by atoms with van der Waals surface area (Å²) in [4.78, 5) is 4.77. The summed E-state index contributed by atoms with van der Waals surface area (Å²) in [7, 11) is 0. The third kappa shape index (κ3) is 7.39. The van der Waals surface area contributed by atoms with Gasteiger partial charge in [0.15, 0.2) is 11.2 Å². The molecule has 4 heterocycles. The Morgan fingerprint density at radius 1 is 0.309 bits per heavy atom. The summed E-state index contributed by atoms with van der Waals surface area (Å²) in [6.07, 6.45) is 0. The smallest absolute Gasteiger partial charge is 0.159 e. The second-order valence-electron chi connectivity index (χ2n) is 24.7. The highest BCUT2D eigenvalue weighted by Gasteiger charge is 2.28. The lowest BCUT2D eigenvalue weighted by Crippen LogP contribution is -2.13. The predicted molar refractivity (Wildman–Crippen MR) is 341 cm³/mol. The number of hydrogen-bond acceptors (Lipinski definition) is 6. The molecule has 0 saturated carbocycles. The van der Waals surface area contributed by atoms with Crippen molar-refractivity contribution < 1.29 is 17.7 Å². The lowest BCUT2D eigenvalue weighted by Gasteiger charge is -2.29. The van der Waals surface area contributed by atoms with E-state index in [1.54, 1.807) is 0 Å². The van der Waals surface area contributed by atoms with Gasteiger partial charge in [-0.15, -0.1) is 0 Å². The summed E-state index contributed by atoms with van der Waals surface area (Å²) in [5.41, 5.74) is 21.3. The minimum Gasteiger partial charge on any atom is -0.456 e. The first-order valence-corrected chi connectivity index (χ1v) is 28.3. The van der Waals surface area contributed by atoms with Crippen LogP contribution in [0.15, 0.2) is 194 Å². The normalized spacial score (nSPS) is 12.6. The van der Waals surface area contributed by atoms with Crippen molar-refractivity contribution in [3.63, 3.8) is 0 Å². The molecule has 0 saturated heterocycles. The number of para-hydroxylation sites is 6. The Hall–Kier alpha value is -9.26. The van der Waals surface area contributed by atoms with E-state index in [0.717, 1.165) is 149 Å². The highest BCUT2D eigenvalue weighted by atomic mass is 16.3. The standard InChI is InChI=1S/C75H62N2O4/c1-41-18-12-19-42(2)67(41)76(61-28-16-24-54-52-22-14-26-59(74(6,7)8)70(52)80-72(54)61)50-32-30-46-36-56-57-40-65-66(45(5)69(57)79-63(56)38-48(46)34-50)58-37-47-31-33-51(35-49(47)39-64(58)78-65)77(68-43(3)20-13-21-44(68)4)62-29-17-25-55-53-23-15-27-60(75(9,10)11)71(53)81-73(55)62/h12-40H,1-11H3. The molecule has 0 spiro atoms. The van der Waals surface area contributed by atoms with Gasteiger partial charge in [0.2, 0.25) is 0 Å². The quantitative estimate of drug-likeness (QED) is 0.165. The van der Waals surface area contributed by atoms with Gasteiger partial charge in [0, 0.05) is 71.2 Å². The molecule has 0 radical (unpaired) electrons. The second-order valence-corrected chi connectivity index (χ2v) is 24.7. The SMILES string of the molecule is Cc1cccc(C)c1N(c1ccc2cc3c(cc2c1)oc1c(C)c2c(cc13)oc1cc3cc(N(c4c(C)cccc4C)c4cccc5c4oc4c(C(C)(C)C)cccc45)ccc3cc12)c1cccc2c1oc1c(C(C)(C)C)cccc12. The number of aryl methyl sites for hydroxylation is 5. The molecule has 15 aromatic rings. The summed E-state index contributed by atoms with van der Waals surface area (Å²) in [6, 6.07) is 63.9. The molecule has 11 aromatic carbocycles. The number of benzene rings is 11. The number of fused-ring (bicyclic) bond motifs is 14. The molecule has 0 atom stereocenters. The Balaban J connectivity index is 0.854. The van der Waals surface area contributed by atoms with Gasteiger partial charge >= 0.3 is 0 Å². The molecular weight excluding hydrogens is 993 g/mol. The first-order valence-electron chi connectivity index (χ1n) is 28.3. The summed E-state index contributed by atoms with van der Waals surface area (Å²) in [6.45, 7) is 24.4. The first kappa shape index (κ1) is 48.8. The fourth-order valence-corrected chi connectivity index (χ4v) is 13.4. The average molecular weight is 1060 g/mol. The van der Waals surface area contributed by atoms with E-state index in [1.807, 2.05) is 0 Å². The van der Waals surface area contributed by atoms with Crippen LogP contribution < -0.4 is 9.80 Å². The Morgan fingerprint density at radius 2 is 0.728 bits per heavy atom. The van der Waals surface area contributed by atoms with Gasteiger partial charge < -0.3 is 27.5 Å². The Bertz CT molecular complexity index is 4910. The van der Waals surface area contributed by atoms with Gasteiger partial charge in [0.1, 0.15) is 33.5 Å². The van der Waals surface area contributed by atoms with Crippen LogP contribution in [-0.4, -0.2) is 0 Å². The van der Waals surface area contributed by atoms with Gasteiger partial charge in [-0.1, -0.05) is 151 Å². The van der Waals surface area contributed by atoms with E-state index < -0.39 is 0 Å². The molecule has 4 aromatic heterocycles. The van der Waals surface area contributed by atoms with Crippen molar-refractivity contribution >= 4 is 143 Å². The minimum atomic E-state index is -0.0881. The van der Waals surface area contributed by atoms with Crippen LogP contribution in [0, 0.1) is 34.6 Å². The number of anilines is 6. The number of rotatable bonds is 6. The zero-order valence-corrected chi connectivity index (χ0v) is 47.8. The van der Waals surface area contributed by atoms with Crippen LogP contribution in [0.2, 0.25) is 0 Å². The van der Waals surface area contributed by atoms with E-state index in [1.165, 1.54) is 33.4 Å². The highest BCUT2D eigenvalue weighted by molar-refractivity contribution is 6.21. The maximum atomic E-state index is 7.02. The van der Waals surface area contributed by atoms with Gasteiger partial charge in [0.05, 0.1) is 22.7 Å². The molecule has 396 valence electrons. The lowest BCUT2D eigenvalue weighted by atomic mass is 9.86. The number of hydrogen-bond donors (Lipinski definition) is 0. The largest absolute Gasteiger partial charge is 0.456 e. The monoisotopic (exact) mass is 1050 g/mol. The van der Waals surface area contributed by atoms with E-state index in [4.69, 9.17) is 17.7 Å². The van der Waals surface area contributed by atoms with Crippen molar-refractivity contribution in [2.24, 2.45) is 0 Å². The van der Waals surface area contributed by atoms with Gasteiger partial charge in [-0.05, 0) is 156 Å². The maximum Gasteiger partial charge on any atom is 0.159 e. The summed E-state index contributed by atoms with van der Waals surface area (Å²) in [5.74, 6) is 0. The van der Waals surface area contributed by atoms with Crippen LogP contribution in [0.5, 0.6) is 0 Å². The summed E-state index contributed by atoms with van der Waals surface area (Å²) >= 11 is 0. The third-order valence-corrected chi connectivity index (χ3v) is 17.3. The van der Waals surface area contributed by atoms with Crippen molar-refractivity contribution in [3.8, 4) is 0 Å². The number of nitrogens with zero attached hydrogens (tertiary/aromatic N) is 2. The fourth-order valence-electron chi connectivity index (χ4n) is 13.4. The van der Waals surface area contributed by atoms with Gasteiger partial charge in [-0.25, -0.2) is 0 Å². The molecule has 6 heteroatoms. The van der Waals surface area contributed by atoms with Crippen molar-refractivity contribution in [2.75, 3.05) is 9.80 Å². The van der Waals surface area contributed by atoms with Crippen molar-refractivity contribution in [2.45, 2.75) is 87.0 Å². The van der Waals surface area contributed by atoms with E-state index in [0.29, 0.717) is 0 Å². The van der Waals surface area contributed by atoms with E-state index >= 15 is 0 Å². The van der Waals surface area contributed by atoms with Crippen LogP contribution in [-0.2, 0) is 10.8 Å². The Morgan fingerprint density at radius 3 is 1.20 bits per heavy atom. The molecule has 81 heavy (non-hydrogen) atoms. The molecule has 0 aliphatic rings.